The number of nitrogens with one attached hydrogen (secondary N) is 2. The lowest BCUT2D eigenvalue weighted by atomic mass is 9.83. The molecule has 2 saturated carbocycles. The number of hydrogen-bond acceptors (Lipinski definition) is 12. The minimum Gasteiger partial charge on any atom is -0.390 e. The lowest BCUT2D eigenvalue weighted by Crippen LogP contribution is -2.35. The van der Waals surface area contributed by atoms with Crippen molar-refractivity contribution in [3.8, 4) is 22.8 Å². The summed E-state index contributed by atoms with van der Waals surface area (Å²) in [5, 5.41) is 21.0. The number of aliphatic hydroxyl groups is 1. The Hall–Kier alpha value is -4.17. The van der Waals surface area contributed by atoms with Crippen molar-refractivity contribution in [2.75, 3.05) is 29.6 Å². The topological polar surface area (TPSA) is 164 Å². The summed E-state index contributed by atoms with van der Waals surface area (Å²) in [6.07, 6.45) is 14.2. The zero-order chi connectivity index (χ0) is 29.5. The maximum atomic E-state index is 12.5. The van der Waals surface area contributed by atoms with Crippen LogP contribution in [0.2, 0.25) is 0 Å². The zero-order valence-electron chi connectivity index (χ0n) is 23.8. The zero-order valence-corrected chi connectivity index (χ0v) is 24.6. The highest BCUT2D eigenvalue weighted by molar-refractivity contribution is 7.90. The molecule has 4 aromatic rings. The summed E-state index contributed by atoms with van der Waals surface area (Å²) in [5.41, 5.74) is 2.33. The first-order valence-corrected chi connectivity index (χ1v) is 15.5. The predicted molar refractivity (Wildman–Crippen MR) is 160 cm³/mol. The van der Waals surface area contributed by atoms with Crippen LogP contribution in [0.25, 0.3) is 22.8 Å². The molecule has 0 amide bonds. The van der Waals surface area contributed by atoms with E-state index >= 15 is 0 Å². The van der Waals surface area contributed by atoms with Crippen LogP contribution in [0, 0.1) is 0 Å². The molecule has 3 N–H and O–H groups in total. The molecule has 0 radical (unpaired) electrons. The molecule has 0 spiro atoms. The Labute approximate surface area is 244 Å². The van der Waals surface area contributed by atoms with Crippen molar-refractivity contribution in [2.45, 2.75) is 62.3 Å². The summed E-state index contributed by atoms with van der Waals surface area (Å²) in [7, 11) is 0.395. The van der Waals surface area contributed by atoms with Gasteiger partial charge in [-0.1, -0.05) is 0 Å². The lowest BCUT2D eigenvalue weighted by molar-refractivity contribution is 0.0196. The molecule has 2 aliphatic rings. The van der Waals surface area contributed by atoms with E-state index in [-0.39, 0.29) is 11.3 Å². The summed E-state index contributed by atoms with van der Waals surface area (Å²) in [4.78, 5) is 24.6. The molecule has 13 nitrogen and oxygen atoms in total. The van der Waals surface area contributed by atoms with E-state index in [1.165, 1.54) is 12.4 Å². The first-order valence-electron chi connectivity index (χ1n) is 14.0. The summed E-state index contributed by atoms with van der Waals surface area (Å²) in [6.45, 7) is 1.89. The third kappa shape index (κ3) is 6.04. The minimum absolute atomic E-state index is 0.175. The van der Waals surface area contributed by atoms with Gasteiger partial charge in [0.25, 0.3) is 10.0 Å². The largest absolute Gasteiger partial charge is 0.390 e. The highest BCUT2D eigenvalue weighted by Gasteiger charge is 2.37. The van der Waals surface area contributed by atoms with Crippen LogP contribution in [0.5, 0.6) is 0 Å². The number of aromatic nitrogens is 7. The third-order valence-electron chi connectivity index (χ3n) is 7.66. The van der Waals surface area contributed by atoms with Gasteiger partial charge in [0.2, 0.25) is 0 Å². The van der Waals surface area contributed by atoms with Gasteiger partial charge in [-0.3, -0.25) is 0 Å². The van der Waals surface area contributed by atoms with Crippen LogP contribution in [-0.2, 0) is 10.0 Å². The molecule has 0 bridgehead atoms. The summed E-state index contributed by atoms with van der Waals surface area (Å²) < 4.78 is 26.1. The van der Waals surface area contributed by atoms with Crippen molar-refractivity contribution in [3.05, 3.63) is 49.3 Å². The highest BCUT2D eigenvalue weighted by atomic mass is 32.2. The molecular weight excluding hydrogens is 556 g/mol. The van der Waals surface area contributed by atoms with Gasteiger partial charge in [0.15, 0.2) is 11.6 Å². The molecule has 0 unspecified atom stereocenters. The van der Waals surface area contributed by atoms with Crippen LogP contribution in [0.3, 0.4) is 0 Å². The Morgan fingerprint density at radius 2 is 1.71 bits per heavy atom. The van der Waals surface area contributed by atoms with Gasteiger partial charge in [0.1, 0.15) is 11.6 Å². The fourth-order valence-electron chi connectivity index (χ4n) is 4.89. The van der Waals surface area contributed by atoms with Gasteiger partial charge in [0, 0.05) is 38.6 Å². The molecular formula is C28H34N10O3S. The molecule has 0 aliphatic heterocycles. The monoisotopic (exact) mass is 590 g/mol. The van der Waals surface area contributed by atoms with E-state index in [9.17, 15) is 13.5 Å². The SMILES string of the molecule is CN(C)c1cnc(-c2cnc(Nc3ccnc(-c4cnn(S(=O)(=O)C5CC5)c4)n3)cc2NC2CCC(C)(O)CC2)nc1. The predicted octanol–water partition coefficient (Wildman–Crippen LogP) is 3.45. The number of pyridine rings is 1. The molecule has 2 aliphatic carbocycles. The molecule has 14 heteroatoms. The van der Waals surface area contributed by atoms with Gasteiger partial charge < -0.3 is 20.6 Å². The Morgan fingerprint density at radius 3 is 2.40 bits per heavy atom. The maximum absolute atomic E-state index is 12.5. The average molecular weight is 591 g/mol. The van der Waals surface area contributed by atoms with Gasteiger partial charge in [-0.15, -0.1) is 0 Å². The Bertz CT molecular complexity index is 1670. The van der Waals surface area contributed by atoms with Crippen molar-refractivity contribution < 1.29 is 13.5 Å². The Kier molecular flexibility index (Phi) is 7.27. The van der Waals surface area contributed by atoms with Crippen molar-refractivity contribution in [1.29, 1.82) is 0 Å². The Morgan fingerprint density at radius 1 is 0.976 bits per heavy atom. The number of anilines is 4. The van der Waals surface area contributed by atoms with E-state index < -0.39 is 15.6 Å². The second-order valence-electron chi connectivity index (χ2n) is 11.4. The van der Waals surface area contributed by atoms with Crippen LogP contribution in [0.15, 0.2) is 49.3 Å². The van der Waals surface area contributed by atoms with Gasteiger partial charge >= 0.3 is 0 Å². The molecule has 0 atom stereocenters. The van der Waals surface area contributed by atoms with E-state index in [2.05, 4.69) is 40.7 Å². The summed E-state index contributed by atoms with van der Waals surface area (Å²) >= 11 is 0. The molecule has 42 heavy (non-hydrogen) atoms. The second-order valence-corrected chi connectivity index (χ2v) is 13.5. The van der Waals surface area contributed by atoms with Crippen LogP contribution < -0.4 is 15.5 Å². The second kappa shape index (κ2) is 10.9. The highest BCUT2D eigenvalue weighted by Crippen LogP contribution is 2.34. The van der Waals surface area contributed by atoms with E-state index in [1.54, 1.807) is 30.9 Å². The fraction of sp³-hybridized carbons (Fsp3) is 0.429. The first kappa shape index (κ1) is 28.0. The lowest BCUT2D eigenvalue weighted by Gasteiger charge is -2.34. The van der Waals surface area contributed by atoms with Crippen LogP contribution in [-0.4, -0.2) is 78.6 Å². The fourth-order valence-corrected chi connectivity index (χ4v) is 6.37. The molecule has 0 saturated heterocycles. The third-order valence-corrected chi connectivity index (χ3v) is 9.69. The molecule has 6 rings (SSSR count). The van der Waals surface area contributed by atoms with Crippen molar-refractivity contribution in [3.63, 3.8) is 0 Å². The maximum Gasteiger partial charge on any atom is 0.256 e. The minimum atomic E-state index is -3.48. The molecule has 0 aromatic carbocycles. The molecule has 4 aromatic heterocycles. The average Bonchev–Trinajstić information content (AvgIpc) is 3.71. The van der Waals surface area contributed by atoms with Crippen LogP contribution >= 0.6 is 0 Å². The normalized spacial score (nSPS) is 20.7. The Balaban J connectivity index is 1.26. The van der Waals surface area contributed by atoms with Crippen molar-refractivity contribution in [1.82, 2.24) is 34.1 Å². The summed E-state index contributed by atoms with van der Waals surface area (Å²) in [6, 6.07) is 3.78. The van der Waals surface area contributed by atoms with E-state index in [4.69, 9.17) is 0 Å². The van der Waals surface area contributed by atoms with Gasteiger partial charge in [0.05, 0.1) is 58.1 Å². The van der Waals surface area contributed by atoms with Crippen LogP contribution in [0.1, 0.15) is 45.4 Å². The van der Waals surface area contributed by atoms with Gasteiger partial charge in [-0.25, -0.2) is 33.3 Å². The number of nitrogens with zero attached hydrogens (tertiary/aromatic N) is 8. The molecule has 220 valence electrons. The standard InChI is InChI=1S/C28H34N10O3S/c1-28(39)9-6-19(7-10-28)34-23-12-25(30-16-22(23)27-31-14-20(15-32-27)37(2)3)35-24-8-11-29-26(36-24)18-13-33-38(17-18)42(40,41)21-4-5-21/h8,11-17,19,21,39H,4-7,9-10H2,1-3H3,(H2,29,30,34,35,36). The van der Waals surface area contributed by atoms with E-state index in [0.29, 0.717) is 54.5 Å². The van der Waals surface area contributed by atoms with Crippen LogP contribution in [0.4, 0.5) is 23.0 Å². The van der Waals surface area contributed by atoms with Crippen molar-refractivity contribution >= 4 is 33.0 Å². The van der Waals surface area contributed by atoms with E-state index in [1.807, 2.05) is 32.0 Å². The van der Waals surface area contributed by atoms with Gasteiger partial charge in [-0.2, -0.15) is 9.19 Å². The molecule has 2 fully saturated rings. The quantitative estimate of drug-likeness (QED) is 0.260. The molecule has 4 heterocycles. The smallest absolute Gasteiger partial charge is 0.256 e. The number of rotatable bonds is 9. The van der Waals surface area contributed by atoms with Gasteiger partial charge in [-0.05, 0) is 51.5 Å². The first-order chi connectivity index (χ1) is 20.1. The van der Waals surface area contributed by atoms with Crippen molar-refractivity contribution in [2.24, 2.45) is 0 Å². The van der Waals surface area contributed by atoms with E-state index in [0.717, 1.165) is 33.9 Å². The number of hydrogen-bond donors (Lipinski definition) is 3. The summed E-state index contributed by atoms with van der Waals surface area (Å²) in [5.74, 6) is 1.93.